The second-order valence-electron chi connectivity index (χ2n) is 6.04. The van der Waals surface area contributed by atoms with E-state index in [-0.39, 0.29) is 0 Å². The van der Waals surface area contributed by atoms with Crippen LogP contribution in [0.1, 0.15) is 31.2 Å². The monoisotopic (exact) mass is 316 g/mol. The first-order valence-electron chi connectivity index (χ1n) is 8.34. The van der Waals surface area contributed by atoms with E-state index in [9.17, 15) is 4.79 Å². The molecule has 0 radical (unpaired) electrons. The molecule has 1 aromatic carbocycles. The van der Waals surface area contributed by atoms with Crippen molar-refractivity contribution in [3.63, 3.8) is 0 Å². The summed E-state index contributed by atoms with van der Waals surface area (Å²) in [5.74, 6) is 0.434. The van der Waals surface area contributed by atoms with Gasteiger partial charge in [0.15, 0.2) is 0 Å². The highest BCUT2D eigenvalue weighted by molar-refractivity contribution is 5.84. The van der Waals surface area contributed by atoms with Crippen LogP contribution >= 0.6 is 0 Å². The maximum atomic E-state index is 11.1. The Balaban J connectivity index is 1.82. The van der Waals surface area contributed by atoms with Crippen molar-refractivity contribution in [1.82, 2.24) is 9.47 Å². The molecule has 0 aliphatic carbocycles. The van der Waals surface area contributed by atoms with Crippen LogP contribution in [0.2, 0.25) is 0 Å². The van der Waals surface area contributed by atoms with Crippen LogP contribution in [0.5, 0.6) is 0 Å². The van der Waals surface area contributed by atoms with Crippen molar-refractivity contribution in [2.24, 2.45) is 0 Å². The molecule has 23 heavy (non-hydrogen) atoms. The molecule has 1 amide bonds. The van der Waals surface area contributed by atoms with Crippen molar-refractivity contribution >= 4 is 17.0 Å². The lowest BCUT2D eigenvalue weighted by Crippen LogP contribution is -2.36. The number of carbonyl (C=O) groups is 1. The van der Waals surface area contributed by atoms with Crippen molar-refractivity contribution in [3.05, 3.63) is 36.0 Å². The Morgan fingerprint density at radius 1 is 1.30 bits per heavy atom. The number of fused-ring (bicyclic) bond motifs is 1. The van der Waals surface area contributed by atoms with Gasteiger partial charge in [-0.1, -0.05) is 18.2 Å². The number of piperidine rings is 1. The maximum absolute atomic E-state index is 11.1. The van der Waals surface area contributed by atoms with Gasteiger partial charge in [-0.3, -0.25) is 0 Å². The van der Waals surface area contributed by atoms with E-state index >= 15 is 0 Å². The number of hydrogen-bond donors (Lipinski definition) is 1. The number of aromatic nitrogens is 1. The fourth-order valence-electron chi connectivity index (χ4n) is 3.47. The van der Waals surface area contributed by atoms with Crippen LogP contribution in [0, 0.1) is 0 Å². The predicted octanol–water partition coefficient (Wildman–Crippen LogP) is 3.54. The normalized spacial score (nSPS) is 16.1. The van der Waals surface area contributed by atoms with Crippen LogP contribution in [-0.2, 0) is 11.3 Å². The molecule has 1 aromatic heterocycles. The SMILES string of the molecule is CCOCCn1cc(C2CCN(C(=O)O)CC2)c2ccccc21. The molecule has 5 nitrogen and oxygen atoms in total. The molecule has 2 aromatic rings. The molecule has 5 heteroatoms. The molecular formula is C18H24N2O3. The molecular weight excluding hydrogens is 292 g/mol. The molecule has 3 rings (SSSR count). The number of amides is 1. The van der Waals surface area contributed by atoms with Gasteiger partial charge in [0.25, 0.3) is 0 Å². The Hall–Kier alpha value is -2.01. The van der Waals surface area contributed by atoms with Gasteiger partial charge in [0.2, 0.25) is 0 Å². The van der Waals surface area contributed by atoms with Gasteiger partial charge >= 0.3 is 6.09 Å². The zero-order chi connectivity index (χ0) is 16.2. The quantitative estimate of drug-likeness (QED) is 0.859. The summed E-state index contributed by atoms with van der Waals surface area (Å²) in [6, 6.07) is 8.46. The van der Waals surface area contributed by atoms with Gasteiger partial charge < -0.3 is 19.3 Å². The summed E-state index contributed by atoms with van der Waals surface area (Å²) in [7, 11) is 0. The smallest absolute Gasteiger partial charge is 0.407 e. The van der Waals surface area contributed by atoms with Crippen LogP contribution in [0.4, 0.5) is 4.79 Å². The number of rotatable bonds is 5. The maximum Gasteiger partial charge on any atom is 0.407 e. The Bertz CT molecular complexity index is 672. The number of ether oxygens (including phenoxy) is 1. The highest BCUT2D eigenvalue weighted by Crippen LogP contribution is 2.34. The number of likely N-dealkylation sites (tertiary alicyclic amines) is 1. The highest BCUT2D eigenvalue weighted by Gasteiger charge is 2.25. The summed E-state index contributed by atoms with van der Waals surface area (Å²) in [4.78, 5) is 12.6. The summed E-state index contributed by atoms with van der Waals surface area (Å²) in [6.07, 6.45) is 3.23. The third-order valence-corrected chi connectivity index (χ3v) is 4.71. The first-order valence-corrected chi connectivity index (χ1v) is 8.34. The lowest BCUT2D eigenvalue weighted by Gasteiger charge is -2.29. The minimum absolute atomic E-state index is 0.434. The third kappa shape index (κ3) is 3.34. The first-order chi connectivity index (χ1) is 11.2. The minimum Gasteiger partial charge on any atom is -0.465 e. The fourth-order valence-corrected chi connectivity index (χ4v) is 3.47. The van der Waals surface area contributed by atoms with Gasteiger partial charge in [0, 0.05) is 43.3 Å². The number of para-hydroxylation sites is 1. The van der Waals surface area contributed by atoms with Crippen molar-refractivity contribution in [3.8, 4) is 0 Å². The Kier molecular flexibility index (Phi) is 4.86. The van der Waals surface area contributed by atoms with Crippen molar-refractivity contribution < 1.29 is 14.6 Å². The first kappa shape index (κ1) is 15.9. The van der Waals surface area contributed by atoms with Crippen molar-refractivity contribution in [1.29, 1.82) is 0 Å². The number of hydrogen-bond acceptors (Lipinski definition) is 2. The summed E-state index contributed by atoms with van der Waals surface area (Å²) in [5, 5.41) is 10.4. The van der Waals surface area contributed by atoms with Gasteiger partial charge in [-0.05, 0) is 37.3 Å². The van der Waals surface area contributed by atoms with E-state index in [4.69, 9.17) is 9.84 Å². The second-order valence-corrected chi connectivity index (χ2v) is 6.04. The molecule has 1 aliphatic heterocycles. The van der Waals surface area contributed by atoms with E-state index in [2.05, 4.69) is 35.0 Å². The standard InChI is InChI=1S/C18H24N2O3/c1-2-23-12-11-20-13-16(15-5-3-4-6-17(15)20)14-7-9-19(10-8-14)18(21)22/h3-6,13-14H,2,7-12H2,1H3,(H,21,22). The van der Waals surface area contributed by atoms with Gasteiger partial charge in [-0.25, -0.2) is 4.79 Å². The Morgan fingerprint density at radius 3 is 2.74 bits per heavy atom. The summed E-state index contributed by atoms with van der Waals surface area (Å²) in [6.45, 7) is 5.56. The van der Waals surface area contributed by atoms with E-state index in [0.717, 1.165) is 26.0 Å². The molecule has 124 valence electrons. The zero-order valence-electron chi connectivity index (χ0n) is 13.6. The third-order valence-electron chi connectivity index (χ3n) is 4.71. The van der Waals surface area contributed by atoms with E-state index in [1.165, 1.54) is 21.4 Å². The van der Waals surface area contributed by atoms with Crippen molar-refractivity contribution in [2.75, 3.05) is 26.3 Å². The van der Waals surface area contributed by atoms with Crippen LogP contribution in [0.15, 0.2) is 30.5 Å². The molecule has 1 saturated heterocycles. The molecule has 0 bridgehead atoms. The largest absolute Gasteiger partial charge is 0.465 e. The lowest BCUT2D eigenvalue weighted by atomic mass is 9.89. The van der Waals surface area contributed by atoms with Crippen molar-refractivity contribution in [2.45, 2.75) is 32.2 Å². The van der Waals surface area contributed by atoms with E-state index < -0.39 is 6.09 Å². The average Bonchev–Trinajstić information content (AvgIpc) is 2.94. The fraction of sp³-hybridized carbons (Fsp3) is 0.500. The summed E-state index contributed by atoms with van der Waals surface area (Å²) < 4.78 is 7.76. The molecule has 2 heterocycles. The Labute approximate surface area is 136 Å². The van der Waals surface area contributed by atoms with Crippen LogP contribution < -0.4 is 0 Å². The predicted molar refractivity (Wildman–Crippen MR) is 90.0 cm³/mol. The van der Waals surface area contributed by atoms with Gasteiger partial charge in [-0.2, -0.15) is 0 Å². The molecule has 0 unspecified atom stereocenters. The van der Waals surface area contributed by atoms with E-state index in [1.54, 1.807) is 0 Å². The second kappa shape index (κ2) is 7.04. The average molecular weight is 316 g/mol. The molecule has 1 N–H and O–H groups in total. The molecule has 1 fully saturated rings. The van der Waals surface area contributed by atoms with E-state index in [1.807, 2.05) is 6.92 Å². The number of benzene rings is 1. The van der Waals surface area contributed by atoms with Gasteiger partial charge in [0.1, 0.15) is 0 Å². The molecule has 0 atom stereocenters. The molecule has 0 spiro atoms. The summed E-state index contributed by atoms with van der Waals surface area (Å²) in [5.41, 5.74) is 2.59. The Morgan fingerprint density at radius 2 is 2.04 bits per heavy atom. The summed E-state index contributed by atoms with van der Waals surface area (Å²) >= 11 is 0. The zero-order valence-corrected chi connectivity index (χ0v) is 13.6. The van der Waals surface area contributed by atoms with Crippen LogP contribution in [-0.4, -0.2) is 47.0 Å². The molecule has 0 saturated carbocycles. The lowest BCUT2D eigenvalue weighted by molar-refractivity contribution is 0.132. The number of carboxylic acid groups (broad SMARTS) is 1. The minimum atomic E-state index is -0.803. The molecule has 1 aliphatic rings. The van der Waals surface area contributed by atoms with Gasteiger partial charge in [-0.15, -0.1) is 0 Å². The van der Waals surface area contributed by atoms with Gasteiger partial charge in [0.05, 0.1) is 6.61 Å². The number of nitrogens with zero attached hydrogens (tertiary/aromatic N) is 2. The van der Waals surface area contributed by atoms with Crippen LogP contribution in [0.25, 0.3) is 10.9 Å². The van der Waals surface area contributed by atoms with E-state index in [0.29, 0.717) is 25.6 Å². The topological polar surface area (TPSA) is 54.7 Å². The van der Waals surface area contributed by atoms with Crippen LogP contribution in [0.3, 0.4) is 0 Å². The highest BCUT2D eigenvalue weighted by atomic mass is 16.5.